The van der Waals surface area contributed by atoms with Gasteiger partial charge < -0.3 is 15.4 Å². The SMILES string of the molecule is Cc1nc(Cc2cn(C)c3ccccc23)nc2sc(C(N)=O)c(O)c12. The van der Waals surface area contributed by atoms with Crippen molar-refractivity contribution in [1.29, 1.82) is 0 Å². The van der Waals surface area contributed by atoms with Gasteiger partial charge in [-0.15, -0.1) is 11.3 Å². The summed E-state index contributed by atoms with van der Waals surface area (Å²) >= 11 is 1.10. The maximum absolute atomic E-state index is 11.4. The molecule has 0 aliphatic rings. The number of rotatable bonds is 3. The Hall–Kier alpha value is -2.93. The van der Waals surface area contributed by atoms with Gasteiger partial charge in [-0.05, 0) is 18.6 Å². The third-order valence-corrected chi connectivity index (χ3v) is 5.39. The van der Waals surface area contributed by atoms with E-state index in [1.165, 1.54) is 5.39 Å². The molecule has 1 aromatic carbocycles. The third kappa shape index (κ3) is 2.44. The highest BCUT2D eigenvalue weighted by Crippen LogP contribution is 2.37. The number of para-hydroxylation sites is 1. The molecule has 0 fully saturated rings. The van der Waals surface area contributed by atoms with Crippen LogP contribution in [0.3, 0.4) is 0 Å². The normalized spacial score (nSPS) is 11.4. The molecule has 0 saturated carbocycles. The van der Waals surface area contributed by atoms with Crippen LogP contribution < -0.4 is 5.73 Å². The van der Waals surface area contributed by atoms with Gasteiger partial charge in [0, 0.05) is 30.6 Å². The number of thiophene rings is 1. The van der Waals surface area contributed by atoms with E-state index in [0.717, 1.165) is 22.4 Å². The molecule has 0 saturated heterocycles. The minimum Gasteiger partial charge on any atom is -0.505 e. The number of hydrogen-bond acceptors (Lipinski definition) is 5. The van der Waals surface area contributed by atoms with E-state index in [9.17, 15) is 9.90 Å². The number of aromatic nitrogens is 3. The lowest BCUT2D eigenvalue weighted by molar-refractivity contribution is 0.100. The van der Waals surface area contributed by atoms with Crippen molar-refractivity contribution in [2.45, 2.75) is 13.3 Å². The Morgan fingerprint density at radius 2 is 2.08 bits per heavy atom. The summed E-state index contributed by atoms with van der Waals surface area (Å²) in [5.74, 6) is -0.129. The van der Waals surface area contributed by atoms with Crippen LogP contribution in [0.15, 0.2) is 30.5 Å². The van der Waals surface area contributed by atoms with Crippen LogP contribution in [0.1, 0.15) is 26.8 Å². The van der Waals surface area contributed by atoms with Crippen molar-refractivity contribution in [3.8, 4) is 5.75 Å². The van der Waals surface area contributed by atoms with Gasteiger partial charge in [-0.1, -0.05) is 18.2 Å². The van der Waals surface area contributed by atoms with Gasteiger partial charge in [-0.3, -0.25) is 4.79 Å². The molecule has 3 heterocycles. The Balaban J connectivity index is 1.83. The predicted molar refractivity (Wildman–Crippen MR) is 98.1 cm³/mol. The van der Waals surface area contributed by atoms with Crippen molar-refractivity contribution in [2.75, 3.05) is 0 Å². The fourth-order valence-corrected chi connectivity index (χ4v) is 4.18. The highest BCUT2D eigenvalue weighted by atomic mass is 32.1. The average Bonchev–Trinajstić information content (AvgIpc) is 3.06. The van der Waals surface area contributed by atoms with Crippen LogP contribution in [0, 0.1) is 6.92 Å². The number of fused-ring (bicyclic) bond motifs is 2. The zero-order valence-corrected chi connectivity index (χ0v) is 14.6. The zero-order chi connectivity index (χ0) is 17.7. The van der Waals surface area contributed by atoms with E-state index in [0.29, 0.717) is 28.2 Å². The summed E-state index contributed by atoms with van der Waals surface area (Å²) < 4.78 is 2.08. The van der Waals surface area contributed by atoms with Crippen LogP contribution in [0.25, 0.3) is 21.1 Å². The van der Waals surface area contributed by atoms with E-state index in [4.69, 9.17) is 5.73 Å². The first kappa shape index (κ1) is 15.6. The summed E-state index contributed by atoms with van der Waals surface area (Å²) in [5.41, 5.74) is 8.24. The second kappa shape index (κ2) is 5.56. The lowest BCUT2D eigenvalue weighted by Crippen LogP contribution is -2.08. The molecule has 0 unspecified atom stereocenters. The van der Waals surface area contributed by atoms with Crippen LogP contribution >= 0.6 is 11.3 Å². The number of amides is 1. The lowest BCUT2D eigenvalue weighted by atomic mass is 10.1. The third-order valence-electron chi connectivity index (χ3n) is 4.31. The summed E-state index contributed by atoms with van der Waals surface area (Å²) in [7, 11) is 2.01. The number of benzene rings is 1. The van der Waals surface area contributed by atoms with Gasteiger partial charge in [0.2, 0.25) is 0 Å². The fourth-order valence-electron chi connectivity index (χ4n) is 3.19. The van der Waals surface area contributed by atoms with Crippen LogP contribution in [0.2, 0.25) is 0 Å². The van der Waals surface area contributed by atoms with E-state index in [2.05, 4.69) is 32.9 Å². The van der Waals surface area contributed by atoms with Gasteiger partial charge in [-0.2, -0.15) is 0 Å². The molecule has 3 aromatic heterocycles. The second-order valence-electron chi connectivity index (χ2n) is 6.01. The first-order valence-electron chi connectivity index (χ1n) is 7.77. The standard InChI is InChI=1S/C18H16N4O2S/c1-9-14-15(23)16(17(19)24)25-18(14)21-13(20-9)7-10-8-22(2)12-6-4-3-5-11(10)12/h3-6,8,23H,7H2,1-2H3,(H2,19,24). The van der Waals surface area contributed by atoms with Crippen LogP contribution in [0.5, 0.6) is 5.75 Å². The quantitative estimate of drug-likeness (QED) is 0.593. The van der Waals surface area contributed by atoms with Crippen LogP contribution in [0.4, 0.5) is 0 Å². The van der Waals surface area contributed by atoms with E-state index in [1.807, 2.05) is 19.2 Å². The molecule has 0 spiro atoms. The highest BCUT2D eigenvalue weighted by molar-refractivity contribution is 7.20. The molecule has 3 N–H and O–H groups in total. The maximum atomic E-state index is 11.4. The molecular formula is C18H16N4O2S. The van der Waals surface area contributed by atoms with Gasteiger partial charge >= 0.3 is 0 Å². The van der Waals surface area contributed by atoms with Gasteiger partial charge in [-0.25, -0.2) is 9.97 Å². The summed E-state index contributed by atoms with van der Waals surface area (Å²) in [6, 6.07) is 8.18. The van der Waals surface area contributed by atoms with Gasteiger partial charge in [0.25, 0.3) is 5.91 Å². The number of carbonyl (C=O) groups excluding carboxylic acids is 1. The van der Waals surface area contributed by atoms with Crippen molar-refractivity contribution in [3.63, 3.8) is 0 Å². The molecule has 7 heteroatoms. The predicted octanol–water partition coefficient (Wildman–Crippen LogP) is 2.89. The molecule has 0 atom stereocenters. The Bertz CT molecular complexity index is 1140. The molecule has 4 aromatic rings. The zero-order valence-electron chi connectivity index (χ0n) is 13.8. The molecule has 4 rings (SSSR count). The number of nitrogens with zero attached hydrogens (tertiary/aromatic N) is 3. The fraction of sp³-hybridized carbons (Fsp3) is 0.167. The van der Waals surface area contributed by atoms with Crippen molar-refractivity contribution in [2.24, 2.45) is 12.8 Å². The summed E-state index contributed by atoms with van der Waals surface area (Å²) in [6.45, 7) is 1.80. The number of primary amides is 1. The molecule has 1 amide bonds. The minimum atomic E-state index is -0.657. The Kier molecular flexibility index (Phi) is 3.47. The van der Waals surface area contributed by atoms with E-state index >= 15 is 0 Å². The largest absolute Gasteiger partial charge is 0.505 e. The monoisotopic (exact) mass is 352 g/mol. The van der Waals surface area contributed by atoms with Crippen molar-refractivity contribution < 1.29 is 9.90 Å². The second-order valence-corrected chi connectivity index (χ2v) is 7.01. The summed E-state index contributed by atoms with van der Waals surface area (Å²) in [4.78, 5) is 21.2. The number of carbonyl (C=O) groups is 1. The topological polar surface area (TPSA) is 94.0 Å². The first-order chi connectivity index (χ1) is 12.0. The molecule has 6 nitrogen and oxygen atoms in total. The summed E-state index contributed by atoms with van der Waals surface area (Å²) in [5, 5.41) is 11.9. The highest BCUT2D eigenvalue weighted by Gasteiger charge is 2.20. The number of aromatic hydroxyl groups is 1. The van der Waals surface area contributed by atoms with E-state index in [1.54, 1.807) is 6.92 Å². The van der Waals surface area contributed by atoms with E-state index < -0.39 is 5.91 Å². The minimum absolute atomic E-state index is 0.120. The van der Waals surface area contributed by atoms with E-state index in [-0.39, 0.29) is 10.6 Å². The number of hydrogen-bond donors (Lipinski definition) is 2. The maximum Gasteiger partial charge on any atom is 0.262 e. The Morgan fingerprint density at radius 3 is 2.84 bits per heavy atom. The lowest BCUT2D eigenvalue weighted by Gasteiger charge is -2.02. The smallest absolute Gasteiger partial charge is 0.262 e. The van der Waals surface area contributed by atoms with Crippen LogP contribution in [-0.4, -0.2) is 25.5 Å². The van der Waals surface area contributed by atoms with Gasteiger partial charge in [0.15, 0.2) is 5.75 Å². The average molecular weight is 352 g/mol. The molecular weight excluding hydrogens is 336 g/mol. The molecule has 0 radical (unpaired) electrons. The van der Waals surface area contributed by atoms with Crippen molar-refractivity contribution in [3.05, 3.63) is 52.4 Å². The van der Waals surface area contributed by atoms with Crippen LogP contribution in [-0.2, 0) is 13.5 Å². The first-order valence-corrected chi connectivity index (χ1v) is 8.59. The van der Waals surface area contributed by atoms with Gasteiger partial charge in [0.05, 0.1) is 11.1 Å². The molecule has 0 aliphatic carbocycles. The molecule has 0 bridgehead atoms. The van der Waals surface area contributed by atoms with Crippen molar-refractivity contribution in [1.82, 2.24) is 14.5 Å². The van der Waals surface area contributed by atoms with Gasteiger partial charge in [0.1, 0.15) is 15.5 Å². The van der Waals surface area contributed by atoms with Crippen molar-refractivity contribution >= 4 is 38.4 Å². The number of nitrogens with two attached hydrogens (primary N) is 1. The molecule has 25 heavy (non-hydrogen) atoms. The molecule has 126 valence electrons. The Labute approximate surface area is 147 Å². The molecule has 0 aliphatic heterocycles. The summed E-state index contributed by atoms with van der Waals surface area (Å²) in [6.07, 6.45) is 2.65. The Morgan fingerprint density at radius 1 is 1.32 bits per heavy atom. The number of aryl methyl sites for hydroxylation is 2.